The molecule has 0 unspecified atom stereocenters. The number of hydrogen-bond acceptors (Lipinski definition) is 9. The average molecular weight is 558 g/mol. The van der Waals surface area contributed by atoms with Crippen molar-refractivity contribution in [2.24, 2.45) is 0 Å². The number of aliphatic carboxylic acids is 1. The van der Waals surface area contributed by atoms with Crippen LogP contribution < -0.4 is 5.73 Å². The number of nitrogens with two attached hydrogens (primary N) is 1. The molecule has 0 atom stereocenters. The topological polar surface area (TPSA) is 159 Å². The second-order valence-corrected chi connectivity index (χ2v) is 11.7. The number of nitrogens with zero attached hydrogens (tertiary/aromatic N) is 4. The van der Waals surface area contributed by atoms with Gasteiger partial charge in [-0.15, -0.1) is 0 Å². The van der Waals surface area contributed by atoms with E-state index in [9.17, 15) is 22.7 Å². The number of rotatable bonds is 8. The number of carboxylic acids is 1. The molecular weight excluding hydrogens is 529 g/mol. The van der Waals surface area contributed by atoms with Crippen molar-refractivity contribution in [2.45, 2.75) is 42.1 Å². The zero-order chi connectivity index (χ0) is 27.9. The Balaban J connectivity index is 1.59. The van der Waals surface area contributed by atoms with Gasteiger partial charge in [-0.2, -0.15) is 9.61 Å². The number of fused-ring (bicyclic) bond motifs is 2. The van der Waals surface area contributed by atoms with Gasteiger partial charge in [-0.25, -0.2) is 22.6 Å². The van der Waals surface area contributed by atoms with Crippen molar-refractivity contribution in [1.29, 1.82) is 0 Å². The minimum atomic E-state index is -3.82. The highest BCUT2D eigenvalue weighted by Crippen LogP contribution is 2.43. The van der Waals surface area contributed by atoms with Crippen molar-refractivity contribution >= 4 is 38.2 Å². The number of methoxy groups -OCH3 is 1. The van der Waals surface area contributed by atoms with E-state index in [0.29, 0.717) is 40.5 Å². The van der Waals surface area contributed by atoms with Gasteiger partial charge in [0, 0.05) is 42.0 Å². The lowest BCUT2D eigenvalue weighted by Crippen LogP contribution is -2.45. The van der Waals surface area contributed by atoms with E-state index in [-0.39, 0.29) is 48.4 Å². The number of halogens is 1. The van der Waals surface area contributed by atoms with Gasteiger partial charge in [-0.05, 0) is 49.9 Å². The monoisotopic (exact) mass is 557 g/mol. The summed E-state index contributed by atoms with van der Waals surface area (Å²) < 4.78 is 51.6. The van der Waals surface area contributed by atoms with Crippen LogP contribution >= 0.6 is 0 Å². The third-order valence-corrected chi connectivity index (χ3v) is 8.38. The summed E-state index contributed by atoms with van der Waals surface area (Å²) in [5, 5.41) is 14.8. The number of aromatic nitrogens is 4. The maximum absolute atomic E-state index is 13.8. The Hall–Kier alpha value is -3.68. The summed E-state index contributed by atoms with van der Waals surface area (Å²) in [6.45, 7) is 0.383. The number of sulfone groups is 1. The number of ether oxygens (including phenoxy) is 2. The standard InChI is InChI=1S/C26H28FN5O6S/c1-37-9-10-38-26(25(33)34)7-5-15(6-8-26)21-22(39(2,35)36)23(28)32-24(31-21)19(14-30-32)17-11-16-12-18(27)3-4-20(16)29-13-17/h3-4,11-15H,5-10,28H2,1-2H3,(H,33,34)/t15-,26-. The molecule has 0 saturated heterocycles. The van der Waals surface area contributed by atoms with Crippen molar-refractivity contribution in [1.82, 2.24) is 19.6 Å². The summed E-state index contributed by atoms with van der Waals surface area (Å²) in [7, 11) is -2.32. The van der Waals surface area contributed by atoms with Gasteiger partial charge in [0.05, 0.1) is 30.6 Å². The Morgan fingerprint density at radius 3 is 2.64 bits per heavy atom. The maximum Gasteiger partial charge on any atom is 0.335 e. The molecule has 1 aliphatic rings. The quantitative estimate of drug-likeness (QED) is 0.308. The molecule has 0 radical (unpaired) electrons. The molecule has 1 aromatic carbocycles. The van der Waals surface area contributed by atoms with Gasteiger partial charge in [-0.1, -0.05) is 0 Å². The van der Waals surface area contributed by atoms with Crippen LogP contribution in [0.2, 0.25) is 0 Å². The third-order valence-electron chi connectivity index (χ3n) is 7.22. The lowest BCUT2D eigenvalue weighted by Gasteiger charge is -2.36. The maximum atomic E-state index is 13.8. The molecule has 3 aromatic heterocycles. The zero-order valence-corrected chi connectivity index (χ0v) is 22.2. The van der Waals surface area contributed by atoms with Crippen LogP contribution in [0.15, 0.2) is 41.6 Å². The summed E-state index contributed by atoms with van der Waals surface area (Å²) in [4.78, 5) is 21.1. The first-order valence-corrected chi connectivity index (χ1v) is 14.2. The average Bonchev–Trinajstić information content (AvgIpc) is 3.32. The fourth-order valence-electron chi connectivity index (χ4n) is 5.23. The molecule has 0 amide bonds. The van der Waals surface area contributed by atoms with E-state index < -0.39 is 27.2 Å². The van der Waals surface area contributed by atoms with Crippen molar-refractivity contribution in [3.8, 4) is 11.1 Å². The molecule has 13 heteroatoms. The number of pyridine rings is 1. The van der Waals surface area contributed by atoms with E-state index in [1.54, 1.807) is 18.3 Å². The highest BCUT2D eigenvalue weighted by Gasteiger charge is 2.44. The minimum absolute atomic E-state index is 0.0880. The predicted octanol–water partition coefficient (Wildman–Crippen LogP) is 3.21. The molecule has 5 rings (SSSR count). The smallest absolute Gasteiger partial charge is 0.335 e. The number of anilines is 1. The van der Waals surface area contributed by atoms with E-state index in [1.165, 1.54) is 30.0 Å². The molecule has 39 heavy (non-hydrogen) atoms. The summed E-state index contributed by atoms with van der Waals surface area (Å²) in [6, 6.07) is 6.04. The summed E-state index contributed by atoms with van der Waals surface area (Å²) in [5.74, 6) is -1.94. The van der Waals surface area contributed by atoms with Gasteiger partial charge in [0.1, 0.15) is 16.5 Å². The number of nitrogen functional groups attached to an aromatic ring is 1. The van der Waals surface area contributed by atoms with Gasteiger partial charge in [0.2, 0.25) is 0 Å². The predicted molar refractivity (Wildman–Crippen MR) is 141 cm³/mol. The van der Waals surface area contributed by atoms with Crippen LogP contribution in [-0.4, -0.2) is 71.3 Å². The molecule has 1 fully saturated rings. The van der Waals surface area contributed by atoms with Crippen molar-refractivity contribution in [3.05, 3.63) is 48.2 Å². The first kappa shape index (κ1) is 26.9. The molecule has 1 saturated carbocycles. The van der Waals surface area contributed by atoms with Gasteiger partial charge < -0.3 is 20.3 Å². The first-order chi connectivity index (χ1) is 18.5. The summed E-state index contributed by atoms with van der Waals surface area (Å²) in [5.41, 5.74) is 7.34. The molecule has 11 nitrogen and oxygen atoms in total. The molecule has 0 spiro atoms. The second-order valence-electron chi connectivity index (χ2n) is 9.75. The van der Waals surface area contributed by atoms with Crippen LogP contribution in [0.1, 0.15) is 37.3 Å². The van der Waals surface area contributed by atoms with E-state index in [2.05, 4.69) is 10.1 Å². The lowest BCUT2D eigenvalue weighted by atomic mass is 9.77. The van der Waals surface area contributed by atoms with E-state index in [0.717, 1.165) is 6.26 Å². The Kier molecular flexibility index (Phi) is 6.99. The van der Waals surface area contributed by atoms with Crippen LogP contribution in [0.3, 0.4) is 0 Å². The largest absolute Gasteiger partial charge is 0.479 e. The van der Waals surface area contributed by atoms with Crippen molar-refractivity contribution < 1.29 is 32.2 Å². The minimum Gasteiger partial charge on any atom is -0.479 e. The van der Waals surface area contributed by atoms with E-state index in [1.807, 2.05) is 0 Å². The highest BCUT2D eigenvalue weighted by molar-refractivity contribution is 7.91. The second kappa shape index (κ2) is 10.1. The lowest BCUT2D eigenvalue weighted by molar-refractivity contribution is -0.173. The van der Waals surface area contributed by atoms with Gasteiger partial charge in [-0.3, -0.25) is 4.98 Å². The van der Waals surface area contributed by atoms with E-state index in [4.69, 9.17) is 20.2 Å². The van der Waals surface area contributed by atoms with Crippen LogP contribution in [-0.2, 0) is 24.1 Å². The number of hydrogen-bond donors (Lipinski definition) is 2. The Morgan fingerprint density at radius 2 is 1.97 bits per heavy atom. The van der Waals surface area contributed by atoms with Crippen molar-refractivity contribution in [3.63, 3.8) is 0 Å². The van der Waals surface area contributed by atoms with Crippen LogP contribution in [0.25, 0.3) is 27.7 Å². The number of benzene rings is 1. The molecule has 3 heterocycles. The van der Waals surface area contributed by atoms with E-state index >= 15 is 0 Å². The molecule has 0 aliphatic heterocycles. The molecular formula is C26H28FN5O6S. The summed E-state index contributed by atoms with van der Waals surface area (Å²) >= 11 is 0. The Labute approximate surface area is 223 Å². The fraction of sp³-hybridized carbons (Fsp3) is 0.385. The third kappa shape index (κ3) is 4.92. The Morgan fingerprint density at radius 1 is 1.23 bits per heavy atom. The Bertz CT molecular complexity index is 1680. The van der Waals surface area contributed by atoms with Crippen LogP contribution in [0.5, 0.6) is 0 Å². The molecule has 0 bridgehead atoms. The molecule has 4 aromatic rings. The zero-order valence-electron chi connectivity index (χ0n) is 21.4. The number of carboxylic acid groups (broad SMARTS) is 1. The normalized spacial score (nSPS) is 20.0. The molecule has 3 N–H and O–H groups in total. The summed E-state index contributed by atoms with van der Waals surface area (Å²) in [6.07, 6.45) is 5.16. The molecule has 1 aliphatic carbocycles. The van der Waals surface area contributed by atoms with Gasteiger partial charge >= 0.3 is 5.97 Å². The highest BCUT2D eigenvalue weighted by atomic mass is 32.2. The first-order valence-electron chi connectivity index (χ1n) is 12.3. The SMILES string of the molecule is COCCO[C@]1(C(=O)O)CC[C@@H](c2nc3c(-c4cnc5ccc(F)cc5c4)cnn3c(N)c2S(C)(=O)=O)CC1. The van der Waals surface area contributed by atoms with Crippen LogP contribution in [0, 0.1) is 5.82 Å². The van der Waals surface area contributed by atoms with Gasteiger partial charge in [0.15, 0.2) is 21.1 Å². The number of carbonyl (C=O) groups is 1. The molecule has 206 valence electrons. The van der Waals surface area contributed by atoms with Crippen molar-refractivity contribution in [2.75, 3.05) is 32.3 Å². The van der Waals surface area contributed by atoms with Crippen LogP contribution in [0.4, 0.5) is 10.2 Å². The van der Waals surface area contributed by atoms with Gasteiger partial charge in [0.25, 0.3) is 0 Å². The fourth-order valence-corrected chi connectivity index (χ4v) is 6.28.